The van der Waals surface area contributed by atoms with E-state index in [1.54, 1.807) is 0 Å². The molecule has 33 heavy (non-hydrogen) atoms. The van der Waals surface area contributed by atoms with Gasteiger partial charge in [0.15, 0.2) is 6.79 Å². The highest BCUT2D eigenvalue weighted by molar-refractivity contribution is 5.51. The summed E-state index contributed by atoms with van der Waals surface area (Å²) in [4.78, 5) is 12.8. The van der Waals surface area contributed by atoms with Crippen molar-refractivity contribution in [3.8, 4) is 5.75 Å². The number of nitrogens with zero attached hydrogens (tertiary/aromatic N) is 3. The average Bonchev–Trinajstić information content (AvgIpc) is 3.56. The summed E-state index contributed by atoms with van der Waals surface area (Å²) in [7, 11) is 0. The minimum Gasteiger partial charge on any atom is -0.467 e. The Hall–Kier alpha value is -2.83. The van der Waals surface area contributed by atoms with Gasteiger partial charge in [-0.2, -0.15) is 0 Å². The second kappa shape index (κ2) is 10.9. The van der Waals surface area contributed by atoms with E-state index in [2.05, 4.69) is 68.3 Å². The third-order valence-corrected chi connectivity index (χ3v) is 6.84. The van der Waals surface area contributed by atoms with Crippen molar-refractivity contribution < 1.29 is 9.47 Å². The molecule has 5 rings (SSSR count). The van der Waals surface area contributed by atoms with Crippen molar-refractivity contribution in [2.75, 3.05) is 31.3 Å². The number of hydrogen-bond acceptors (Lipinski definition) is 5. The molecule has 6 nitrogen and oxygen atoms in total. The molecule has 0 amide bonds. The van der Waals surface area contributed by atoms with E-state index in [-0.39, 0.29) is 0 Å². The van der Waals surface area contributed by atoms with E-state index in [1.807, 2.05) is 18.5 Å². The van der Waals surface area contributed by atoms with Crippen LogP contribution in [0.15, 0.2) is 67.0 Å². The van der Waals surface area contributed by atoms with Crippen molar-refractivity contribution in [2.24, 2.45) is 0 Å². The van der Waals surface area contributed by atoms with Gasteiger partial charge < -0.3 is 19.4 Å². The van der Waals surface area contributed by atoms with E-state index < -0.39 is 0 Å². The zero-order chi connectivity index (χ0) is 22.3. The maximum absolute atomic E-state index is 5.94. The number of hydrogen-bond donors (Lipinski definition) is 1. The lowest BCUT2D eigenvalue weighted by atomic mass is 10.0. The third kappa shape index (κ3) is 5.95. The summed E-state index contributed by atoms with van der Waals surface area (Å²) in [5, 5.41) is 0. The highest BCUT2D eigenvalue weighted by atomic mass is 16.7. The Balaban J connectivity index is 1.24. The molecule has 1 aliphatic carbocycles. The van der Waals surface area contributed by atoms with E-state index >= 15 is 0 Å². The smallest absolute Gasteiger partial charge is 0.189 e. The van der Waals surface area contributed by atoms with Crippen LogP contribution in [0.5, 0.6) is 5.75 Å². The van der Waals surface area contributed by atoms with Crippen LogP contribution < -0.4 is 9.64 Å². The van der Waals surface area contributed by atoms with Gasteiger partial charge in [-0.15, -0.1) is 0 Å². The summed E-state index contributed by atoms with van der Waals surface area (Å²) in [5.74, 6) is 1.90. The van der Waals surface area contributed by atoms with Gasteiger partial charge in [0.1, 0.15) is 11.6 Å². The molecule has 1 saturated carbocycles. The molecule has 1 N–H and O–H groups in total. The molecule has 2 aliphatic rings. The van der Waals surface area contributed by atoms with Crippen LogP contribution in [-0.4, -0.2) is 53.4 Å². The lowest BCUT2D eigenvalue weighted by Crippen LogP contribution is -2.53. The molecule has 2 aromatic carbocycles. The summed E-state index contributed by atoms with van der Waals surface area (Å²) in [5.41, 5.74) is 2.58. The summed E-state index contributed by atoms with van der Waals surface area (Å²) >= 11 is 0. The van der Waals surface area contributed by atoms with Crippen molar-refractivity contribution in [3.63, 3.8) is 0 Å². The fourth-order valence-electron chi connectivity index (χ4n) is 5.02. The summed E-state index contributed by atoms with van der Waals surface area (Å²) in [6.07, 6.45) is 9.99. The Bertz CT molecular complexity index is 973. The quantitative estimate of drug-likeness (QED) is 0.486. The number of aromatic nitrogens is 2. The predicted octanol–water partition coefficient (Wildman–Crippen LogP) is 4.64. The van der Waals surface area contributed by atoms with Gasteiger partial charge in [-0.3, -0.25) is 4.90 Å². The van der Waals surface area contributed by atoms with Crippen LogP contribution in [0.4, 0.5) is 5.69 Å². The minimum absolute atomic E-state index is 0.335. The molecule has 1 saturated heterocycles. The second-order valence-electron chi connectivity index (χ2n) is 9.13. The number of rotatable bonds is 9. The highest BCUT2D eigenvalue weighted by Crippen LogP contribution is 2.26. The Labute approximate surface area is 196 Å². The molecule has 174 valence electrons. The number of aromatic amines is 1. The monoisotopic (exact) mass is 446 g/mol. The van der Waals surface area contributed by atoms with Crippen molar-refractivity contribution in [1.82, 2.24) is 14.9 Å². The summed E-state index contributed by atoms with van der Waals surface area (Å²) < 4.78 is 11.8. The molecule has 2 fully saturated rings. The van der Waals surface area contributed by atoms with Gasteiger partial charge in [-0.05, 0) is 37.0 Å². The highest BCUT2D eigenvalue weighted by Gasteiger charge is 2.28. The van der Waals surface area contributed by atoms with Gasteiger partial charge >= 0.3 is 0 Å². The number of H-pyrrole nitrogens is 1. The Kier molecular flexibility index (Phi) is 7.23. The van der Waals surface area contributed by atoms with E-state index in [0.717, 1.165) is 57.0 Å². The molecular weight excluding hydrogens is 412 g/mol. The molecule has 0 unspecified atom stereocenters. The van der Waals surface area contributed by atoms with Crippen LogP contribution in [0.2, 0.25) is 0 Å². The van der Waals surface area contributed by atoms with Gasteiger partial charge in [-0.25, -0.2) is 4.98 Å². The lowest BCUT2D eigenvalue weighted by molar-refractivity contribution is -0.0324. The molecule has 0 radical (unpaired) electrons. The normalized spacial score (nSPS) is 19.8. The molecule has 1 aliphatic heterocycles. The van der Waals surface area contributed by atoms with E-state index in [9.17, 15) is 0 Å². The first-order valence-electron chi connectivity index (χ1n) is 12.2. The van der Waals surface area contributed by atoms with Crippen molar-refractivity contribution in [3.05, 3.63) is 78.4 Å². The number of benzene rings is 2. The van der Waals surface area contributed by atoms with Crippen LogP contribution in [0.25, 0.3) is 0 Å². The molecule has 2 heterocycles. The molecule has 0 bridgehead atoms. The van der Waals surface area contributed by atoms with Gasteiger partial charge in [0.2, 0.25) is 0 Å². The molecule has 0 spiro atoms. The van der Waals surface area contributed by atoms with Crippen molar-refractivity contribution >= 4 is 5.69 Å². The SMILES string of the molecule is c1ccc(C[C@H]2CN(c3cccc(OCOC4CCCC4)c3)CCN2Cc2ncc[nH]2)cc1. The Morgan fingerprint density at radius 1 is 1.00 bits per heavy atom. The first kappa shape index (κ1) is 22.0. The summed E-state index contributed by atoms with van der Waals surface area (Å²) in [6, 6.07) is 19.6. The molecular formula is C27H34N4O2. The third-order valence-electron chi connectivity index (χ3n) is 6.84. The molecule has 1 atom stereocenters. The first-order valence-corrected chi connectivity index (χ1v) is 12.2. The zero-order valence-electron chi connectivity index (χ0n) is 19.2. The van der Waals surface area contributed by atoms with Crippen LogP contribution in [0.1, 0.15) is 37.1 Å². The molecule has 1 aromatic heterocycles. The van der Waals surface area contributed by atoms with Gasteiger partial charge in [0.25, 0.3) is 0 Å². The number of piperazine rings is 1. The van der Waals surface area contributed by atoms with Gasteiger partial charge in [0.05, 0.1) is 12.6 Å². The average molecular weight is 447 g/mol. The number of imidazole rings is 1. The van der Waals surface area contributed by atoms with Crippen LogP contribution >= 0.6 is 0 Å². The van der Waals surface area contributed by atoms with E-state index in [1.165, 1.54) is 24.1 Å². The fourth-order valence-corrected chi connectivity index (χ4v) is 5.02. The van der Waals surface area contributed by atoms with Crippen molar-refractivity contribution in [2.45, 2.75) is 50.8 Å². The maximum Gasteiger partial charge on any atom is 0.189 e. The summed E-state index contributed by atoms with van der Waals surface area (Å²) in [6.45, 7) is 4.13. The van der Waals surface area contributed by atoms with E-state index in [4.69, 9.17) is 9.47 Å². The van der Waals surface area contributed by atoms with Crippen LogP contribution in [0.3, 0.4) is 0 Å². The van der Waals surface area contributed by atoms with Gasteiger partial charge in [0, 0.05) is 49.8 Å². The minimum atomic E-state index is 0.335. The zero-order valence-corrected chi connectivity index (χ0v) is 19.2. The van der Waals surface area contributed by atoms with Crippen LogP contribution in [-0.2, 0) is 17.7 Å². The lowest BCUT2D eigenvalue weighted by Gasteiger charge is -2.42. The fraction of sp³-hybridized carbons (Fsp3) is 0.444. The topological polar surface area (TPSA) is 53.6 Å². The second-order valence-corrected chi connectivity index (χ2v) is 9.13. The first-order chi connectivity index (χ1) is 16.3. The predicted molar refractivity (Wildman–Crippen MR) is 130 cm³/mol. The number of anilines is 1. The number of ether oxygens (including phenoxy) is 2. The van der Waals surface area contributed by atoms with E-state index in [0.29, 0.717) is 18.9 Å². The van der Waals surface area contributed by atoms with Gasteiger partial charge in [-0.1, -0.05) is 49.2 Å². The molecule has 3 aromatic rings. The largest absolute Gasteiger partial charge is 0.467 e. The molecule has 6 heteroatoms. The Morgan fingerprint density at radius 2 is 1.88 bits per heavy atom. The maximum atomic E-state index is 5.94. The van der Waals surface area contributed by atoms with Crippen LogP contribution in [0, 0.1) is 0 Å². The Morgan fingerprint density at radius 3 is 2.70 bits per heavy atom. The number of nitrogens with one attached hydrogen (secondary N) is 1. The standard InChI is InChI=1S/C27H34N4O2/c1-2-7-22(8-3-1)17-24-19-30(15-16-31(24)20-27-28-13-14-29-27)23-9-6-12-26(18-23)33-21-32-25-10-4-5-11-25/h1-3,6-9,12-14,18,24-25H,4-5,10-11,15-17,19-21H2,(H,28,29)/t24-/m0/s1. The van der Waals surface area contributed by atoms with Crippen molar-refractivity contribution in [1.29, 1.82) is 0 Å².